The number of hydrogen-bond donors (Lipinski definition) is 2. The third-order valence-electron chi connectivity index (χ3n) is 4.81. The molecular weight excluding hydrogens is 370 g/mol. The summed E-state index contributed by atoms with van der Waals surface area (Å²) in [4.78, 5) is 17.8. The van der Waals surface area contributed by atoms with E-state index in [4.69, 9.17) is 15.1 Å². The van der Waals surface area contributed by atoms with Gasteiger partial charge in [0.25, 0.3) is 0 Å². The lowest BCUT2D eigenvalue weighted by molar-refractivity contribution is -0.248. The number of amides is 2. The Morgan fingerprint density at radius 1 is 1.34 bits per heavy atom. The third kappa shape index (κ3) is 6.58. The molecule has 2 unspecified atom stereocenters. The lowest BCUT2D eigenvalue weighted by Gasteiger charge is -2.24. The van der Waals surface area contributed by atoms with Crippen LogP contribution in [0.2, 0.25) is 0 Å². The summed E-state index contributed by atoms with van der Waals surface area (Å²) in [6, 6.07) is -0.551. The van der Waals surface area contributed by atoms with Gasteiger partial charge in [0.1, 0.15) is 19.4 Å². The van der Waals surface area contributed by atoms with Crippen LogP contribution in [0.4, 0.5) is 4.79 Å². The van der Waals surface area contributed by atoms with E-state index >= 15 is 0 Å². The van der Waals surface area contributed by atoms with Crippen LogP contribution < -0.4 is 10.8 Å². The summed E-state index contributed by atoms with van der Waals surface area (Å²) in [5, 5.41) is 11.7. The molecule has 2 atom stereocenters. The fourth-order valence-corrected chi connectivity index (χ4v) is 3.13. The molecule has 0 saturated carbocycles. The predicted molar refractivity (Wildman–Crippen MR) is 112 cm³/mol. The van der Waals surface area contributed by atoms with E-state index in [0.717, 1.165) is 34.0 Å². The Kier molecular flexibility index (Phi) is 8.18. The molecule has 8 heteroatoms. The lowest BCUT2D eigenvalue weighted by Crippen LogP contribution is -2.46. The van der Waals surface area contributed by atoms with Gasteiger partial charge in [0.2, 0.25) is 0 Å². The van der Waals surface area contributed by atoms with E-state index in [1.54, 1.807) is 0 Å². The van der Waals surface area contributed by atoms with Gasteiger partial charge in [0.15, 0.2) is 0 Å². The van der Waals surface area contributed by atoms with Crippen LogP contribution in [0, 0.1) is 5.92 Å². The highest BCUT2D eigenvalue weighted by Crippen LogP contribution is 2.22. The minimum Gasteiger partial charge on any atom is -0.491 e. The van der Waals surface area contributed by atoms with Gasteiger partial charge >= 0.3 is 6.03 Å². The number of oxime groups is 1. The van der Waals surface area contributed by atoms with Gasteiger partial charge in [0.05, 0.1) is 23.1 Å². The number of nitrogens with two attached hydrogens (primary N) is 1. The van der Waals surface area contributed by atoms with Crippen LogP contribution in [0.3, 0.4) is 0 Å². The standard InChI is InChI=1S/C21H31N5O3/c1-14(2)29-18-10-7-9-17(12-18)16(4)24-28-13-19-15(3)8-6-11-20(19)23-21(27)26(5)25-22/h6-8,10,12,14,17,20,22H,9,11,13H2,1-5H3,(H,23,27)/p+1/b24-16-,25-22?. The molecule has 3 N–H and O–H groups in total. The van der Waals surface area contributed by atoms with Crippen molar-refractivity contribution in [2.75, 3.05) is 13.7 Å². The average molecular weight is 403 g/mol. The van der Waals surface area contributed by atoms with Gasteiger partial charge in [-0.1, -0.05) is 28.4 Å². The van der Waals surface area contributed by atoms with Crippen LogP contribution in [0.25, 0.3) is 0 Å². The Hall–Kier alpha value is -2.90. The molecular formula is C21H32N5O3+. The Morgan fingerprint density at radius 2 is 2.07 bits per heavy atom. The Morgan fingerprint density at radius 3 is 2.76 bits per heavy atom. The Balaban J connectivity index is 1.99. The first-order valence-electron chi connectivity index (χ1n) is 9.84. The molecule has 0 aromatic rings. The van der Waals surface area contributed by atoms with Crippen LogP contribution in [-0.4, -0.2) is 42.6 Å². The van der Waals surface area contributed by atoms with E-state index in [0.29, 0.717) is 13.0 Å². The van der Waals surface area contributed by atoms with Gasteiger partial charge in [-0.15, -0.1) is 0 Å². The zero-order valence-corrected chi connectivity index (χ0v) is 17.9. The van der Waals surface area contributed by atoms with Crippen LogP contribution in [0.5, 0.6) is 0 Å². The predicted octanol–water partition coefficient (Wildman–Crippen LogP) is 2.68. The first kappa shape index (κ1) is 22.4. The maximum Gasteiger partial charge on any atom is 0.429 e. The summed E-state index contributed by atoms with van der Waals surface area (Å²) in [6.07, 6.45) is 11.9. The Bertz CT molecular complexity index is 764. The third-order valence-corrected chi connectivity index (χ3v) is 4.81. The van der Waals surface area contributed by atoms with Crippen molar-refractivity contribution in [2.24, 2.45) is 16.3 Å². The lowest BCUT2D eigenvalue weighted by atomic mass is 9.94. The number of rotatable bonds is 8. The molecule has 2 amide bonds. The van der Waals surface area contributed by atoms with Crippen LogP contribution in [-0.2, 0) is 9.57 Å². The first-order chi connectivity index (χ1) is 13.8. The summed E-state index contributed by atoms with van der Waals surface area (Å²) in [7, 11) is 1.50. The molecule has 0 aromatic carbocycles. The molecule has 2 rings (SSSR count). The first-order valence-corrected chi connectivity index (χ1v) is 9.84. The summed E-state index contributed by atoms with van der Waals surface area (Å²) in [5.74, 6) is 1.00. The SMILES string of the molecule is CC1=C(CO/N=C(/C)C2C=C(OC(C)C)C=CC2)C(NC(=O)N(C)N=[NH2+])CC=C1. The minimum absolute atomic E-state index is 0.130. The van der Waals surface area contributed by atoms with Crippen molar-refractivity contribution in [3.63, 3.8) is 0 Å². The second-order valence-corrected chi connectivity index (χ2v) is 7.47. The topological polar surface area (TPSA) is 101 Å². The highest BCUT2D eigenvalue weighted by molar-refractivity contribution is 5.86. The maximum atomic E-state index is 12.1. The van der Waals surface area contributed by atoms with E-state index in [2.05, 4.69) is 27.8 Å². The van der Waals surface area contributed by atoms with E-state index in [-0.39, 0.29) is 24.1 Å². The molecule has 0 fully saturated rings. The van der Waals surface area contributed by atoms with Crippen LogP contribution in [0.15, 0.2) is 57.7 Å². The molecule has 0 radical (unpaired) electrons. The monoisotopic (exact) mass is 402 g/mol. The molecule has 158 valence electrons. The van der Waals surface area contributed by atoms with Crippen molar-refractivity contribution in [1.29, 1.82) is 0 Å². The molecule has 8 nitrogen and oxygen atoms in total. The molecule has 0 heterocycles. The highest BCUT2D eigenvalue weighted by Gasteiger charge is 2.25. The van der Waals surface area contributed by atoms with Crippen molar-refractivity contribution in [3.05, 3.63) is 47.3 Å². The molecule has 2 aliphatic carbocycles. The normalized spacial score (nSPS) is 21.7. The number of ether oxygens (including phenoxy) is 1. The second-order valence-electron chi connectivity index (χ2n) is 7.47. The number of nitrogens with zero attached hydrogens (tertiary/aromatic N) is 3. The smallest absolute Gasteiger partial charge is 0.429 e. The van der Waals surface area contributed by atoms with Crippen LogP contribution >= 0.6 is 0 Å². The zero-order chi connectivity index (χ0) is 21.4. The largest absolute Gasteiger partial charge is 0.491 e. The van der Waals surface area contributed by atoms with Crippen molar-refractivity contribution < 1.29 is 19.9 Å². The van der Waals surface area contributed by atoms with Crippen molar-refractivity contribution in [3.8, 4) is 0 Å². The van der Waals surface area contributed by atoms with E-state index in [9.17, 15) is 4.79 Å². The quantitative estimate of drug-likeness (QED) is 0.371. The fourth-order valence-electron chi connectivity index (χ4n) is 3.13. The van der Waals surface area contributed by atoms with E-state index < -0.39 is 0 Å². The number of allylic oxidation sites excluding steroid dienone is 5. The minimum atomic E-state index is -0.366. The number of hydrogen-bond acceptors (Lipinski definition) is 5. The van der Waals surface area contributed by atoms with Gasteiger partial charge in [-0.05, 0) is 63.8 Å². The van der Waals surface area contributed by atoms with Crippen LogP contribution in [0.1, 0.15) is 40.5 Å². The van der Waals surface area contributed by atoms with E-state index in [1.165, 1.54) is 7.05 Å². The molecule has 0 aromatic heterocycles. The van der Waals surface area contributed by atoms with Crippen molar-refractivity contribution in [1.82, 2.24) is 10.3 Å². The molecule has 0 aliphatic heterocycles. The summed E-state index contributed by atoms with van der Waals surface area (Å²) in [5.41, 5.74) is 8.07. The highest BCUT2D eigenvalue weighted by atomic mass is 16.6. The van der Waals surface area contributed by atoms with Gasteiger partial charge in [-0.25, -0.2) is 4.79 Å². The Labute approximate surface area is 172 Å². The van der Waals surface area contributed by atoms with Crippen molar-refractivity contribution >= 4 is 11.7 Å². The molecule has 0 saturated heterocycles. The fraction of sp³-hybridized carbons (Fsp3) is 0.524. The summed E-state index contributed by atoms with van der Waals surface area (Å²) >= 11 is 0. The zero-order valence-electron chi connectivity index (χ0n) is 17.9. The average Bonchev–Trinajstić information content (AvgIpc) is 2.68. The molecule has 0 spiro atoms. The van der Waals surface area contributed by atoms with Gasteiger partial charge in [0, 0.05) is 5.92 Å². The summed E-state index contributed by atoms with van der Waals surface area (Å²) in [6.45, 7) is 8.25. The molecule has 29 heavy (non-hydrogen) atoms. The van der Waals surface area contributed by atoms with Gasteiger partial charge < -0.3 is 14.9 Å². The molecule has 2 aliphatic rings. The van der Waals surface area contributed by atoms with E-state index in [1.807, 2.05) is 45.9 Å². The number of nitrogens with one attached hydrogen (secondary N) is 1. The number of urea groups is 1. The van der Waals surface area contributed by atoms with Gasteiger partial charge in [-0.2, -0.15) is 5.53 Å². The maximum absolute atomic E-state index is 12.1. The van der Waals surface area contributed by atoms with Gasteiger partial charge in [-0.3, -0.25) is 0 Å². The molecule has 0 bridgehead atoms. The van der Waals surface area contributed by atoms with Crippen molar-refractivity contribution in [2.45, 2.75) is 52.7 Å². The second kappa shape index (κ2) is 10.6. The summed E-state index contributed by atoms with van der Waals surface area (Å²) < 4.78 is 5.77. The number of carbonyl (C=O) groups excluding carboxylic acids is 1. The number of carbonyl (C=O) groups is 1.